The lowest BCUT2D eigenvalue weighted by molar-refractivity contribution is 0.0832. The van der Waals surface area contributed by atoms with Gasteiger partial charge in [0, 0.05) is 19.1 Å². The number of benzene rings is 1. The van der Waals surface area contributed by atoms with Crippen molar-refractivity contribution in [2.75, 3.05) is 14.1 Å². The number of rotatable bonds is 3. The number of amides is 2. The van der Waals surface area contributed by atoms with E-state index in [4.69, 9.17) is 11.6 Å². The Kier molecular flexibility index (Phi) is 4.41. The highest BCUT2D eigenvalue weighted by molar-refractivity contribution is 7.15. The zero-order valence-electron chi connectivity index (χ0n) is 12.9. The van der Waals surface area contributed by atoms with Gasteiger partial charge in [-0.05, 0) is 48.2 Å². The second-order valence-electron chi connectivity index (χ2n) is 5.77. The molecule has 0 fully saturated rings. The van der Waals surface area contributed by atoms with E-state index >= 15 is 0 Å². The van der Waals surface area contributed by atoms with Crippen molar-refractivity contribution in [3.05, 3.63) is 56.2 Å². The molecule has 6 heteroatoms. The third kappa shape index (κ3) is 3.26. The number of nitrogens with zero attached hydrogens (tertiary/aromatic N) is 1. The van der Waals surface area contributed by atoms with Crippen LogP contribution in [-0.2, 0) is 6.42 Å². The van der Waals surface area contributed by atoms with Crippen molar-refractivity contribution >= 4 is 34.8 Å². The summed E-state index contributed by atoms with van der Waals surface area (Å²) in [5, 5.41) is 3.78. The number of fused-ring (bicyclic) bond motifs is 1. The van der Waals surface area contributed by atoms with Crippen LogP contribution in [0.1, 0.15) is 42.9 Å². The predicted molar refractivity (Wildman–Crippen MR) is 92.3 cm³/mol. The third-order valence-electron chi connectivity index (χ3n) is 3.93. The first kappa shape index (κ1) is 16.0. The number of carbonyl (C=O) groups excluding carboxylic acids is 2. The maximum absolute atomic E-state index is 12.4. The molecule has 120 valence electrons. The van der Waals surface area contributed by atoms with Crippen LogP contribution < -0.4 is 5.32 Å². The lowest BCUT2D eigenvalue weighted by Gasteiger charge is -2.13. The van der Waals surface area contributed by atoms with Crippen LogP contribution in [0.15, 0.2) is 30.3 Å². The first-order chi connectivity index (χ1) is 11.0. The molecule has 0 spiro atoms. The van der Waals surface area contributed by atoms with E-state index in [0.717, 1.165) is 23.4 Å². The quantitative estimate of drug-likeness (QED) is 0.922. The molecule has 1 aromatic carbocycles. The number of thiophene rings is 1. The van der Waals surface area contributed by atoms with Gasteiger partial charge in [-0.2, -0.15) is 0 Å². The van der Waals surface area contributed by atoms with E-state index in [0.29, 0.717) is 9.75 Å². The smallest absolute Gasteiger partial charge is 0.263 e. The van der Waals surface area contributed by atoms with Gasteiger partial charge in [-0.25, -0.2) is 0 Å². The summed E-state index contributed by atoms with van der Waals surface area (Å²) in [6.45, 7) is 0. The maximum atomic E-state index is 12.4. The van der Waals surface area contributed by atoms with Crippen LogP contribution in [0.2, 0.25) is 5.02 Å². The van der Waals surface area contributed by atoms with Gasteiger partial charge in [0.1, 0.15) is 0 Å². The van der Waals surface area contributed by atoms with Gasteiger partial charge in [-0.15, -0.1) is 11.3 Å². The lowest BCUT2D eigenvalue weighted by Crippen LogP contribution is -2.26. The van der Waals surface area contributed by atoms with E-state index in [9.17, 15) is 9.59 Å². The largest absolute Gasteiger partial charge is 0.345 e. The normalized spacial score (nSPS) is 16.0. The van der Waals surface area contributed by atoms with E-state index in [1.54, 1.807) is 26.2 Å². The van der Waals surface area contributed by atoms with Crippen LogP contribution in [0.25, 0.3) is 0 Å². The molecule has 0 unspecified atom stereocenters. The molecule has 0 radical (unpaired) electrons. The second-order valence-corrected chi connectivity index (χ2v) is 7.29. The summed E-state index contributed by atoms with van der Waals surface area (Å²) in [6, 6.07) is 9.19. The maximum Gasteiger partial charge on any atom is 0.263 e. The Morgan fingerprint density at radius 1 is 1.22 bits per heavy atom. The highest BCUT2D eigenvalue weighted by Gasteiger charge is 2.25. The fraction of sp³-hybridized carbons (Fsp3) is 0.294. The molecule has 0 aliphatic heterocycles. The van der Waals surface area contributed by atoms with E-state index in [-0.39, 0.29) is 17.9 Å². The summed E-state index contributed by atoms with van der Waals surface area (Å²) >= 11 is 7.23. The summed E-state index contributed by atoms with van der Waals surface area (Å²) in [5.74, 6) is -0.226. The molecule has 1 heterocycles. The number of aryl methyl sites for hydroxylation is 1. The van der Waals surface area contributed by atoms with Gasteiger partial charge in [0.2, 0.25) is 0 Å². The van der Waals surface area contributed by atoms with Gasteiger partial charge in [0.05, 0.1) is 15.8 Å². The summed E-state index contributed by atoms with van der Waals surface area (Å²) in [4.78, 5) is 27.0. The summed E-state index contributed by atoms with van der Waals surface area (Å²) in [6.07, 6.45) is 1.78. The van der Waals surface area contributed by atoms with Crippen LogP contribution in [0.4, 0.5) is 0 Å². The Morgan fingerprint density at radius 2 is 1.96 bits per heavy atom. The minimum absolute atomic E-state index is 0.00451. The Morgan fingerprint density at radius 3 is 2.70 bits per heavy atom. The van der Waals surface area contributed by atoms with Gasteiger partial charge in [0.25, 0.3) is 11.8 Å². The molecule has 23 heavy (non-hydrogen) atoms. The molecule has 0 bridgehead atoms. The first-order valence-electron chi connectivity index (χ1n) is 7.36. The summed E-state index contributed by atoms with van der Waals surface area (Å²) < 4.78 is 0. The van der Waals surface area contributed by atoms with Crippen LogP contribution >= 0.6 is 22.9 Å². The summed E-state index contributed by atoms with van der Waals surface area (Å²) in [7, 11) is 3.39. The topological polar surface area (TPSA) is 49.4 Å². The molecule has 4 nitrogen and oxygen atoms in total. The number of hydrogen-bond donors (Lipinski definition) is 1. The average Bonchev–Trinajstić information content (AvgIpc) is 3.13. The molecule has 1 aliphatic rings. The Bertz CT molecular complexity index is 770. The zero-order chi connectivity index (χ0) is 16.6. The molecule has 0 saturated heterocycles. The Hall–Kier alpha value is -1.85. The van der Waals surface area contributed by atoms with E-state index < -0.39 is 0 Å². The van der Waals surface area contributed by atoms with Gasteiger partial charge < -0.3 is 10.2 Å². The minimum Gasteiger partial charge on any atom is -0.345 e. The molecule has 2 aromatic rings. The molecular weight excluding hydrogens is 332 g/mol. The van der Waals surface area contributed by atoms with Crippen LogP contribution in [0.3, 0.4) is 0 Å². The highest BCUT2D eigenvalue weighted by Crippen LogP contribution is 2.33. The van der Waals surface area contributed by atoms with E-state index in [2.05, 4.69) is 5.32 Å². The van der Waals surface area contributed by atoms with Crippen molar-refractivity contribution in [3.8, 4) is 0 Å². The van der Waals surface area contributed by atoms with Crippen molar-refractivity contribution in [1.29, 1.82) is 0 Å². The van der Waals surface area contributed by atoms with Crippen molar-refractivity contribution in [2.45, 2.75) is 18.9 Å². The number of nitrogens with one attached hydrogen (secondary N) is 1. The SMILES string of the molecule is CN(C)C(=O)c1ccc(C(=O)N[C@@H]2CCc3cc(Cl)ccc32)s1. The fourth-order valence-corrected chi connectivity index (χ4v) is 3.89. The molecule has 1 aliphatic carbocycles. The van der Waals surface area contributed by atoms with Crippen molar-refractivity contribution < 1.29 is 9.59 Å². The minimum atomic E-state index is -0.138. The molecule has 0 saturated carbocycles. The highest BCUT2D eigenvalue weighted by atomic mass is 35.5. The Labute approximate surface area is 144 Å². The molecule has 1 N–H and O–H groups in total. The fourth-order valence-electron chi connectivity index (χ4n) is 2.76. The van der Waals surface area contributed by atoms with Crippen LogP contribution in [0.5, 0.6) is 0 Å². The Balaban J connectivity index is 1.73. The van der Waals surface area contributed by atoms with Crippen molar-refractivity contribution in [1.82, 2.24) is 10.2 Å². The van der Waals surface area contributed by atoms with Gasteiger partial charge in [-0.1, -0.05) is 17.7 Å². The summed E-state index contributed by atoms with van der Waals surface area (Å²) in [5.41, 5.74) is 2.32. The molecule has 1 aromatic heterocycles. The average molecular weight is 349 g/mol. The van der Waals surface area contributed by atoms with Gasteiger partial charge >= 0.3 is 0 Å². The van der Waals surface area contributed by atoms with Gasteiger partial charge in [-0.3, -0.25) is 9.59 Å². The van der Waals surface area contributed by atoms with Crippen molar-refractivity contribution in [2.24, 2.45) is 0 Å². The molecule has 1 atom stereocenters. The number of carbonyl (C=O) groups is 2. The van der Waals surface area contributed by atoms with Crippen molar-refractivity contribution in [3.63, 3.8) is 0 Å². The van der Waals surface area contributed by atoms with E-state index in [1.807, 2.05) is 18.2 Å². The number of hydrogen-bond acceptors (Lipinski definition) is 3. The van der Waals surface area contributed by atoms with E-state index in [1.165, 1.54) is 21.8 Å². The molecular formula is C17H17ClN2O2S. The van der Waals surface area contributed by atoms with Crippen LogP contribution in [0, 0.1) is 0 Å². The standard InChI is InChI=1S/C17H17ClN2O2S/c1-20(2)17(22)15-8-7-14(23-15)16(21)19-13-6-3-10-9-11(18)4-5-12(10)13/h4-5,7-9,13H,3,6H2,1-2H3,(H,19,21)/t13-/m1/s1. The zero-order valence-corrected chi connectivity index (χ0v) is 14.5. The number of halogens is 1. The first-order valence-corrected chi connectivity index (χ1v) is 8.56. The predicted octanol–water partition coefficient (Wildman–Crippen LogP) is 3.52. The monoisotopic (exact) mass is 348 g/mol. The second kappa shape index (κ2) is 6.34. The molecule has 3 rings (SSSR count). The lowest BCUT2D eigenvalue weighted by atomic mass is 10.1. The van der Waals surface area contributed by atoms with Crippen LogP contribution in [-0.4, -0.2) is 30.8 Å². The third-order valence-corrected chi connectivity index (χ3v) is 5.24. The van der Waals surface area contributed by atoms with Gasteiger partial charge in [0.15, 0.2) is 0 Å². The molecule has 2 amide bonds.